The quantitative estimate of drug-likeness (QED) is 0.118. The van der Waals surface area contributed by atoms with E-state index in [1.54, 1.807) is 23.5 Å². The van der Waals surface area contributed by atoms with Crippen LogP contribution in [0.3, 0.4) is 0 Å². The molecule has 7 heteroatoms. The minimum atomic E-state index is -0.340. The zero-order valence-corrected chi connectivity index (χ0v) is 28.1. The number of benzene rings is 1. The van der Waals surface area contributed by atoms with Crippen LogP contribution in [0.15, 0.2) is 28.5 Å². The highest BCUT2D eigenvalue weighted by Crippen LogP contribution is 2.33. The van der Waals surface area contributed by atoms with Crippen molar-refractivity contribution >= 4 is 35.2 Å². The number of unbranched alkanes of at least 4 members (excludes halogenated alkanes) is 10. The van der Waals surface area contributed by atoms with Gasteiger partial charge in [-0.2, -0.15) is 15.0 Å². The zero-order valence-electron chi connectivity index (χ0n) is 26.4. The summed E-state index contributed by atoms with van der Waals surface area (Å²) < 4.78 is 0. The van der Waals surface area contributed by atoms with Crippen molar-refractivity contribution in [2.24, 2.45) is 0 Å². The molecule has 0 aliphatic rings. The van der Waals surface area contributed by atoms with Crippen LogP contribution in [0.4, 0.5) is 11.6 Å². The molecule has 1 heterocycles. The van der Waals surface area contributed by atoms with E-state index in [9.17, 15) is 5.11 Å². The largest absolute Gasteiger partial charge is 0.395 e. The van der Waals surface area contributed by atoms with Crippen molar-refractivity contribution in [2.45, 2.75) is 147 Å². The number of hydrogen-bond donors (Lipinski definition) is 2. The number of rotatable bonds is 20. The molecule has 0 atom stereocenters. The first-order valence-corrected chi connectivity index (χ1v) is 17.6. The molecule has 0 amide bonds. The second-order valence-corrected chi connectivity index (χ2v) is 14.8. The van der Waals surface area contributed by atoms with Gasteiger partial charge in [0.25, 0.3) is 0 Å². The van der Waals surface area contributed by atoms with Crippen molar-refractivity contribution in [3.63, 3.8) is 0 Å². The molecule has 0 saturated heterocycles. The van der Waals surface area contributed by atoms with Crippen LogP contribution in [-0.2, 0) is 10.8 Å². The van der Waals surface area contributed by atoms with Crippen LogP contribution in [0.1, 0.15) is 137 Å². The summed E-state index contributed by atoms with van der Waals surface area (Å²) in [7, 11) is 0. The minimum absolute atomic E-state index is 0.0205. The van der Waals surface area contributed by atoms with Gasteiger partial charge in [0.2, 0.25) is 5.95 Å². The van der Waals surface area contributed by atoms with E-state index in [2.05, 4.69) is 72.0 Å². The molecular formula is C33H56N4OS2. The van der Waals surface area contributed by atoms with E-state index < -0.39 is 0 Å². The Morgan fingerprint density at radius 3 is 1.60 bits per heavy atom. The van der Waals surface area contributed by atoms with Crippen LogP contribution >= 0.6 is 23.5 Å². The van der Waals surface area contributed by atoms with Crippen LogP contribution < -0.4 is 5.32 Å². The van der Waals surface area contributed by atoms with Gasteiger partial charge in [-0.25, -0.2) is 0 Å². The number of aliphatic hydroxyl groups excluding tert-OH is 1. The van der Waals surface area contributed by atoms with Crippen molar-refractivity contribution in [1.29, 1.82) is 0 Å². The van der Waals surface area contributed by atoms with Crippen molar-refractivity contribution < 1.29 is 5.11 Å². The molecule has 40 heavy (non-hydrogen) atoms. The normalized spacial score (nSPS) is 12.2. The first-order chi connectivity index (χ1) is 19.1. The van der Waals surface area contributed by atoms with Crippen molar-refractivity contribution in [3.8, 4) is 0 Å². The van der Waals surface area contributed by atoms with Gasteiger partial charge < -0.3 is 10.4 Å². The second-order valence-electron chi connectivity index (χ2n) is 12.7. The van der Waals surface area contributed by atoms with E-state index in [0.29, 0.717) is 5.95 Å². The Bertz CT molecular complexity index is 955. The Morgan fingerprint density at radius 1 is 0.650 bits per heavy atom. The Kier molecular flexibility index (Phi) is 15.9. The zero-order chi connectivity index (χ0) is 29.4. The molecule has 0 aliphatic heterocycles. The average molecular weight is 589 g/mol. The smallest absolute Gasteiger partial charge is 0.232 e. The number of thioether (sulfide) groups is 2. The van der Waals surface area contributed by atoms with E-state index in [-0.39, 0.29) is 17.4 Å². The van der Waals surface area contributed by atoms with E-state index in [1.807, 2.05) is 0 Å². The highest BCUT2D eigenvalue weighted by Gasteiger charge is 2.24. The molecule has 2 N–H and O–H groups in total. The third kappa shape index (κ3) is 13.1. The number of anilines is 2. The number of hydrogen-bond acceptors (Lipinski definition) is 7. The molecule has 0 bridgehead atoms. The van der Waals surface area contributed by atoms with Crippen LogP contribution in [0.25, 0.3) is 0 Å². The molecular weight excluding hydrogens is 533 g/mol. The molecule has 2 rings (SSSR count). The standard InChI is InChI=1S/C33H56N4OS2/c1-8-10-12-14-16-18-20-39-30-35-29(36-31(37-30)40-21-19-17-15-13-11-9-2)34-28-23-26(32(3,4)5)22-27(24-28)33(6,7)25-38/h22-24,38H,8-21,25H2,1-7H3,(H,34,35,36,37). The van der Waals surface area contributed by atoms with Crippen LogP contribution in [0.2, 0.25) is 0 Å². The Labute approximate surface area is 253 Å². The molecule has 0 aliphatic carbocycles. The topological polar surface area (TPSA) is 70.9 Å². The highest BCUT2D eigenvalue weighted by atomic mass is 32.2. The van der Waals surface area contributed by atoms with Gasteiger partial charge in [0.1, 0.15) is 0 Å². The van der Waals surface area contributed by atoms with E-state index in [1.165, 1.54) is 82.6 Å². The molecule has 1 aromatic carbocycles. The highest BCUT2D eigenvalue weighted by molar-refractivity contribution is 7.99. The van der Waals surface area contributed by atoms with Gasteiger partial charge in [-0.15, -0.1) is 0 Å². The SMILES string of the molecule is CCCCCCCCSc1nc(Nc2cc(C(C)(C)C)cc(C(C)(C)CO)c2)nc(SCCCCCCCC)n1. The van der Waals surface area contributed by atoms with E-state index >= 15 is 0 Å². The summed E-state index contributed by atoms with van der Waals surface area (Å²) >= 11 is 3.49. The lowest BCUT2D eigenvalue weighted by Crippen LogP contribution is -2.23. The fourth-order valence-corrected chi connectivity index (χ4v) is 6.08. The number of aliphatic hydroxyl groups is 1. The van der Waals surface area contributed by atoms with Gasteiger partial charge in [0.05, 0.1) is 6.61 Å². The predicted octanol–water partition coefficient (Wildman–Crippen LogP) is 10.1. The molecule has 0 fully saturated rings. The number of aromatic nitrogens is 3. The summed E-state index contributed by atoms with van der Waals surface area (Å²) in [6.45, 7) is 15.4. The molecule has 5 nitrogen and oxygen atoms in total. The first kappa shape index (κ1) is 34.9. The molecule has 1 aromatic heterocycles. The van der Waals surface area contributed by atoms with Gasteiger partial charge in [-0.05, 0) is 41.5 Å². The van der Waals surface area contributed by atoms with Crippen LogP contribution in [0.5, 0.6) is 0 Å². The number of nitrogens with zero attached hydrogens (tertiary/aromatic N) is 3. The molecule has 0 saturated carbocycles. The third-order valence-corrected chi connectivity index (χ3v) is 9.15. The Hall–Kier alpha value is -1.31. The minimum Gasteiger partial charge on any atom is -0.395 e. The van der Waals surface area contributed by atoms with Gasteiger partial charge in [0, 0.05) is 22.6 Å². The molecule has 0 radical (unpaired) electrons. The lowest BCUT2D eigenvalue weighted by Gasteiger charge is -2.27. The third-order valence-electron chi connectivity index (χ3n) is 7.28. The summed E-state index contributed by atoms with van der Waals surface area (Å²) in [5, 5.41) is 15.2. The maximum Gasteiger partial charge on any atom is 0.232 e. The molecule has 2 aromatic rings. The maximum atomic E-state index is 10.1. The summed E-state index contributed by atoms with van der Waals surface area (Å²) in [5.74, 6) is 2.67. The summed E-state index contributed by atoms with van der Waals surface area (Å²) in [6, 6.07) is 6.53. The van der Waals surface area contributed by atoms with E-state index in [4.69, 9.17) is 15.0 Å². The average Bonchev–Trinajstić information content (AvgIpc) is 2.91. The lowest BCUT2D eigenvalue weighted by atomic mass is 9.79. The second kappa shape index (κ2) is 18.3. The molecule has 226 valence electrons. The van der Waals surface area contributed by atoms with Gasteiger partial charge in [-0.3, -0.25) is 0 Å². The van der Waals surface area contributed by atoms with Gasteiger partial charge in [-0.1, -0.05) is 142 Å². The van der Waals surface area contributed by atoms with Crippen LogP contribution in [-0.4, -0.2) is 38.2 Å². The Morgan fingerprint density at radius 2 is 1.12 bits per heavy atom. The van der Waals surface area contributed by atoms with Crippen LogP contribution in [0, 0.1) is 0 Å². The van der Waals surface area contributed by atoms with Crippen molar-refractivity contribution in [1.82, 2.24) is 15.0 Å². The van der Waals surface area contributed by atoms with Gasteiger partial charge in [0.15, 0.2) is 10.3 Å². The van der Waals surface area contributed by atoms with Crippen molar-refractivity contribution in [3.05, 3.63) is 29.3 Å². The number of nitrogens with one attached hydrogen (secondary N) is 1. The lowest BCUT2D eigenvalue weighted by molar-refractivity contribution is 0.218. The summed E-state index contributed by atoms with van der Waals surface area (Å²) in [6.07, 6.45) is 15.5. The predicted molar refractivity (Wildman–Crippen MR) is 177 cm³/mol. The fourth-order valence-electron chi connectivity index (χ4n) is 4.36. The molecule has 0 unspecified atom stereocenters. The maximum absolute atomic E-state index is 10.1. The summed E-state index contributed by atoms with van der Waals surface area (Å²) in [4.78, 5) is 14.5. The fraction of sp³-hybridized carbons (Fsp3) is 0.727. The van der Waals surface area contributed by atoms with E-state index in [0.717, 1.165) is 33.1 Å². The Balaban J connectivity index is 2.20. The summed E-state index contributed by atoms with van der Waals surface area (Å²) in [5.41, 5.74) is 2.92. The van der Waals surface area contributed by atoms with Crippen molar-refractivity contribution in [2.75, 3.05) is 23.4 Å². The first-order valence-electron chi connectivity index (χ1n) is 15.6. The monoisotopic (exact) mass is 588 g/mol. The molecule has 0 spiro atoms. The van der Waals surface area contributed by atoms with Gasteiger partial charge >= 0.3 is 0 Å².